The van der Waals surface area contributed by atoms with Gasteiger partial charge in [0.2, 0.25) is 15.9 Å². The summed E-state index contributed by atoms with van der Waals surface area (Å²) in [6.07, 6.45) is -0.0389. The van der Waals surface area contributed by atoms with Gasteiger partial charge in [0.1, 0.15) is 0 Å². The summed E-state index contributed by atoms with van der Waals surface area (Å²) in [6.45, 7) is 7.47. The number of hydrogen-bond donors (Lipinski definition) is 1. The SMILES string of the molecule is CCN1CCN(C(CNC(=O)c2cccc(N3C(=O)CCS3(=O)=O)c2)c2ccccc2)CC1. The molecule has 2 fully saturated rings. The minimum absolute atomic E-state index is 0.0389. The van der Waals surface area contributed by atoms with E-state index in [0.29, 0.717) is 12.1 Å². The Bertz CT molecular complexity index is 1100. The van der Waals surface area contributed by atoms with Crippen LogP contribution in [0.1, 0.15) is 35.3 Å². The Kier molecular flexibility index (Phi) is 7.11. The van der Waals surface area contributed by atoms with Crippen molar-refractivity contribution in [1.82, 2.24) is 15.1 Å². The number of benzene rings is 2. The Morgan fingerprint density at radius 2 is 1.76 bits per heavy atom. The summed E-state index contributed by atoms with van der Waals surface area (Å²) in [7, 11) is -3.67. The molecule has 0 radical (unpaired) electrons. The van der Waals surface area contributed by atoms with Crippen LogP contribution in [0.15, 0.2) is 54.6 Å². The maximum atomic E-state index is 13.0. The third-order valence-corrected chi connectivity index (χ3v) is 8.05. The van der Waals surface area contributed by atoms with E-state index >= 15 is 0 Å². The number of amides is 2. The van der Waals surface area contributed by atoms with Crippen molar-refractivity contribution in [3.8, 4) is 0 Å². The Hall–Kier alpha value is -2.75. The van der Waals surface area contributed by atoms with E-state index in [1.54, 1.807) is 12.1 Å². The van der Waals surface area contributed by atoms with Crippen LogP contribution in [-0.4, -0.2) is 75.1 Å². The predicted molar refractivity (Wildman–Crippen MR) is 128 cm³/mol. The third kappa shape index (κ3) is 5.26. The summed E-state index contributed by atoms with van der Waals surface area (Å²) in [5.74, 6) is -0.969. The highest BCUT2D eigenvalue weighted by atomic mass is 32.2. The van der Waals surface area contributed by atoms with Gasteiger partial charge in [0.15, 0.2) is 0 Å². The quantitative estimate of drug-likeness (QED) is 0.665. The second kappa shape index (κ2) is 10.0. The van der Waals surface area contributed by atoms with Crippen LogP contribution < -0.4 is 9.62 Å². The van der Waals surface area contributed by atoms with Crippen LogP contribution in [0.2, 0.25) is 0 Å². The van der Waals surface area contributed by atoms with Gasteiger partial charge in [-0.3, -0.25) is 14.5 Å². The van der Waals surface area contributed by atoms with Crippen molar-refractivity contribution in [2.75, 3.05) is 49.3 Å². The van der Waals surface area contributed by atoms with Crippen LogP contribution in [0.4, 0.5) is 5.69 Å². The van der Waals surface area contributed by atoms with Crippen LogP contribution in [0.25, 0.3) is 0 Å². The lowest BCUT2D eigenvalue weighted by Crippen LogP contribution is -2.49. The smallest absolute Gasteiger partial charge is 0.251 e. The van der Waals surface area contributed by atoms with Crippen molar-refractivity contribution in [2.24, 2.45) is 0 Å². The van der Waals surface area contributed by atoms with Gasteiger partial charge < -0.3 is 10.2 Å². The molecular formula is C24H30N4O4S. The van der Waals surface area contributed by atoms with Crippen molar-refractivity contribution in [3.63, 3.8) is 0 Å². The minimum Gasteiger partial charge on any atom is -0.350 e. The molecule has 4 rings (SSSR count). The Labute approximate surface area is 195 Å². The summed E-state index contributed by atoms with van der Waals surface area (Å²) >= 11 is 0. The zero-order valence-corrected chi connectivity index (χ0v) is 19.6. The van der Waals surface area contributed by atoms with Gasteiger partial charge in [0.25, 0.3) is 5.91 Å². The fraction of sp³-hybridized carbons (Fsp3) is 0.417. The first-order valence-electron chi connectivity index (χ1n) is 11.3. The maximum Gasteiger partial charge on any atom is 0.251 e. The largest absolute Gasteiger partial charge is 0.350 e. The van der Waals surface area contributed by atoms with E-state index in [1.165, 1.54) is 12.1 Å². The number of hydrogen-bond acceptors (Lipinski definition) is 6. The maximum absolute atomic E-state index is 13.0. The Balaban J connectivity index is 1.48. The van der Waals surface area contributed by atoms with Gasteiger partial charge in [-0.15, -0.1) is 0 Å². The van der Waals surface area contributed by atoms with E-state index in [2.05, 4.69) is 34.2 Å². The fourth-order valence-corrected chi connectivity index (χ4v) is 5.91. The molecular weight excluding hydrogens is 440 g/mol. The van der Waals surface area contributed by atoms with Gasteiger partial charge in [-0.05, 0) is 30.3 Å². The highest BCUT2D eigenvalue weighted by molar-refractivity contribution is 7.94. The lowest BCUT2D eigenvalue weighted by atomic mass is 10.0. The Morgan fingerprint density at radius 1 is 1.03 bits per heavy atom. The minimum atomic E-state index is -3.67. The number of carbonyl (C=O) groups is 2. The highest BCUT2D eigenvalue weighted by Crippen LogP contribution is 2.26. The van der Waals surface area contributed by atoms with Gasteiger partial charge in [-0.25, -0.2) is 12.7 Å². The van der Waals surface area contributed by atoms with Gasteiger partial charge in [-0.1, -0.05) is 43.3 Å². The average molecular weight is 471 g/mol. The van der Waals surface area contributed by atoms with Crippen LogP contribution in [0, 0.1) is 0 Å². The van der Waals surface area contributed by atoms with Crippen molar-refractivity contribution in [1.29, 1.82) is 0 Å². The molecule has 2 aliphatic heterocycles. The number of rotatable bonds is 7. The van der Waals surface area contributed by atoms with Gasteiger partial charge >= 0.3 is 0 Å². The van der Waals surface area contributed by atoms with Crippen molar-refractivity contribution in [3.05, 3.63) is 65.7 Å². The van der Waals surface area contributed by atoms with E-state index < -0.39 is 15.9 Å². The molecule has 2 saturated heterocycles. The number of nitrogens with zero attached hydrogens (tertiary/aromatic N) is 3. The number of carbonyl (C=O) groups excluding carboxylic acids is 2. The van der Waals surface area contributed by atoms with E-state index in [0.717, 1.165) is 42.6 Å². The fourth-order valence-electron chi connectivity index (χ4n) is 4.46. The first kappa shape index (κ1) is 23.4. The van der Waals surface area contributed by atoms with Crippen molar-refractivity contribution in [2.45, 2.75) is 19.4 Å². The van der Waals surface area contributed by atoms with Gasteiger partial charge in [0.05, 0.1) is 17.5 Å². The second-order valence-electron chi connectivity index (χ2n) is 8.38. The molecule has 176 valence electrons. The molecule has 1 unspecified atom stereocenters. The van der Waals surface area contributed by atoms with E-state index in [1.807, 2.05) is 18.2 Å². The first-order chi connectivity index (χ1) is 15.9. The number of piperazine rings is 1. The Morgan fingerprint density at radius 3 is 2.39 bits per heavy atom. The topological polar surface area (TPSA) is 90.0 Å². The second-order valence-corrected chi connectivity index (χ2v) is 10.3. The highest BCUT2D eigenvalue weighted by Gasteiger charge is 2.36. The predicted octanol–water partition coefficient (Wildman–Crippen LogP) is 1.86. The lowest BCUT2D eigenvalue weighted by molar-refractivity contribution is -0.116. The van der Waals surface area contributed by atoms with Crippen LogP contribution in [-0.2, 0) is 14.8 Å². The van der Waals surface area contributed by atoms with Crippen LogP contribution >= 0.6 is 0 Å². The molecule has 2 aromatic carbocycles. The molecule has 0 aromatic heterocycles. The summed E-state index contributed by atoms with van der Waals surface area (Å²) in [4.78, 5) is 29.9. The number of anilines is 1. The normalized spacial score (nSPS) is 20.0. The van der Waals surface area contributed by atoms with E-state index in [9.17, 15) is 18.0 Å². The summed E-state index contributed by atoms with van der Waals surface area (Å²) in [5, 5.41) is 3.02. The summed E-state index contributed by atoms with van der Waals surface area (Å²) < 4.78 is 25.3. The third-order valence-electron chi connectivity index (χ3n) is 6.36. The monoisotopic (exact) mass is 470 g/mol. The van der Waals surface area contributed by atoms with E-state index in [4.69, 9.17) is 0 Å². The lowest BCUT2D eigenvalue weighted by Gasteiger charge is -2.39. The van der Waals surface area contributed by atoms with Crippen molar-refractivity contribution < 1.29 is 18.0 Å². The zero-order valence-electron chi connectivity index (χ0n) is 18.8. The first-order valence-corrected chi connectivity index (χ1v) is 13.0. The summed E-state index contributed by atoms with van der Waals surface area (Å²) in [5.41, 5.74) is 1.68. The molecule has 0 saturated carbocycles. The average Bonchev–Trinajstić information content (AvgIpc) is 3.12. The van der Waals surface area contributed by atoms with Gasteiger partial charge in [0, 0.05) is 44.7 Å². The van der Waals surface area contributed by atoms with Crippen LogP contribution in [0.5, 0.6) is 0 Å². The molecule has 33 heavy (non-hydrogen) atoms. The molecule has 0 aliphatic carbocycles. The van der Waals surface area contributed by atoms with E-state index in [-0.39, 0.29) is 29.8 Å². The molecule has 2 aromatic rings. The molecule has 2 amide bonds. The van der Waals surface area contributed by atoms with Crippen LogP contribution in [0.3, 0.4) is 0 Å². The number of likely N-dealkylation sites (N-methyl/N-ethyl adjacent to an activating group) is 1. The van der Waals surface area contributed by atoms with Crippen molar-refractivity contribution >= 4 is 27.5 Å². The standard InChI is InChI=1S/C24H30N4O4S/c1-2-26-12-14-27(15-13-26)22(19-7-4-3-5-8-19)18-25-24(30)20-9-6-10-21(17-20)28-23(29)11-16-33(28,31)32/h3-10,17,22H,2,11-16,18H2,1H3,(H,25,30). The molecule has 0 bridgehead atoms. The number of sulfonamides is 1. The number of nitrogens with one attached hydrogen (secondary N) is 1. The molecule has 2 heterocycles. The summed E-state index contributed by atoms with van der Waals surface area (Å²) in [6, 6.07) is 16.4. The molecule has 1 atom stereocenters. The molecule has 9 heteroatoms. The molecule has 1 N–H and O–H groups in total. The molecule has 8 nitrogen and oxygen atoms in total. The molecule has 0 spiro atoms. The molecule has 2 aliphatic rings. The van der Waals surface area contributed by atoms with Gasteiger partial charge in [-0.2, -0.15) is 0 Å². The zero-order chi connectivity index (χ0) is 23.4.